The number of fused-ring (bicyclic) bond motifs is 1. The van der Waals surface area contributed by atoms with Crippen molar-refractivity contribution in [2.75, 3.05) is 24.5 Å². The molecule has 0 aliphatic carbocycles. The summed E-state index contributed by atoms with van der Waals surface area (Å²) in [5.74, 6) is 0. The molecule has 0 spiro atoms. The van der Waals surface area contributed by atoms with E-state index in [4.69, 9.17) is 5.73 Å². The van der Waals surface area contributed by atoms with Gasteiger partial charge in [0, 0.05) is 25.3 Å². The van der Waals surface area contributed by atoms with Crippen molar-refractivity contribution in [1.82, 2.24) is 0 Å². The molecule has 3 N–H and O–H groups in total. The summed E-state index contributed by atoms with van der Waals surface area (Å²) in [6.45, 7) is 4.26. The normalized spacial score (nSPS) is 17.9. The molecule has 3 heteroatoms. The quantitative estimate of drug-likeness (QED) is 0.812. The van der Waals surface area contributed by atoms with E-state index in [0.29, 0.717) is 6.54 Å². The number of para-hydroxylation sites is 1. The molecule has 0 saturated carbocycles. The van der Waals surface area contributed by atoms with Crippen molar-refractivity contribution in [3.63, 3.8) is 0 Å². The zero-order valence-electron chi connectivity index (χ0n) is 10.5. The Labute approximate surface area is 103 Å². The van der Waals surface area contributed by atoms with Gasteiger partial charge in [-0.25, -0.2) is 0 Å². The maximum atomic E-state index is 9.85. The van der Waals surface area contributed by atoms with Crippen LogP contribution in [-0.2, 0) is 6.42 Å². The van der Waals surface area contributed by atoms with Crippen LogP contribution in [-0.4, -0.2) is 30.3 Å². The van der Waals surface area contributed by atoms with Gasteiger partial charge in [0.1, 0.15) is 0 Å². The Hall–Kier alpha value is -1.06. The van der Waals surface area contributed by atoms with Crippen LogP contribution in [0, 0.1) is 0 Å². The summed E-state index contributed by atoms with van der Waals surface area (Å²) in [5.41, 5.74) is 7.61. The number of hydrogen-bond donors (Lipinski definition) is 2. The van der Waals surface area contributed by atoms with Crippen molar-refractivity contribution < 1.29 is 5.11 Å². The fourth-order valence-corrected chi connectivity index (χ4v) is 2.39. The fourth-order valence-electron chi connectivity index (χ4n) is 2.39. The first-order chi connectivity index (χ1) is 8.12. The molecule has 1 unspecified atom stereocenters. The molecule has 0 bridgehead atoms. The summed E-state index contributed by atoms with van der Waals surface area (Å²) < 4.78 is 0. The first-order valence-corrected chi connectivity index (χ1v) is 6.38. The van der Waals surface area contributed by atoms with Crippen molar-refractivity contribution in [3.8, 4) is 0 Å². The Kier molecular flexibility index (Phi) is 3.69. The second kappa shape index (κ2) is 5.07. The molecule has 3 nitrogen and oxygen atoms in total. The highest BCUT2D eigenvalue weighted by Gasteiger charge is 2.21. The molecule has 0 amide bonds. The monoisotopic (exact) mass is 234 g/mol. The lowest BCUT2D eigenvalue weighted by Gasteiger charge is -2.24. The van der Waals surface area contributed by atoms with Crippen molar-refractivity contribution in [1.29, 1.82) is 0 Å². The fraction of sp³-hybridized carbons (Fsp3) is 0.571. The molecular weight excluding hydrogens is 212 g/mol. The zero-order chi connectivity index (χ0) is 12.3. The van der Waals surface area contributed by atoms with Gasteiger partial charge in [-0.3, -0.25) is 0 Å². The number of anilines is 1. The molecule has 0 radical (unpaired) electrons. The maximum Gasteiger partial charge on any atom is 0.0742 e. The standard InChI is InChI=1S/C14H22N2O/c1-14(17,11-15)8-4-9-16-10-7-12-5-2-3-6-13(12)16/h2-3,5-6,17H,4,7-11,15H2,1H3. The first kappa shape index (κ1) is 12.4. The van der Waals surface area contributed by atoms with Crippen LogP contribution in [0.4, 0.5) is 5.69 Å². The third-order valence-electron chi connectivity index (χ3n) is 3.57. The van der Waals surface area contributed by atoms with Gasteiger partial charge in [0.15, 0.2) is 0 Å². The number of rotatable bonds is 5. The minimum absolute atomic E-state index is 0.337. The van der Waals surface area contributed by atoms with E-state index >= 15 is 0 Å². The summed E-state index contributed by atoms with van der Waals surface area (Å²) in [4.78, 5) is 2.40. The lowest BCUT2D eigenvalue weighted by atomic mass is 10.0. The van der Waals surface area contributed by atoms with Crippen LogP contribution in [0.25, 0.3) is 0 Å². The lowest BCUT2D eigenvalue weighted by molar-refractivity contribution is 0.0584. The van der Waals surface area contributed by atoms with E-state index in [0.717, 1.165) is 32.4 Å². The van der Waals surface area contributed by atoms with E-state index in [-0.39, 0.29) is 0 Å². The van der Waals surface area contributed by atoms with E-state index in [1.54, 1.807) is 0 Å². The molecule has 17 heavy (non-hydrogen) atoms. The second-order valence-corrected chi connectivity index (χ2v) is 5.17. The van der Waals surface area contributed by atoms with Crippen molar-refractivity contribution in [2.45, 2.75) is 31.8 Å². The van der Waals surface area contributed by atoms with Crippen LogP contribution in [0.5, 0.6) is 0 Å². The van der Waals surface area contributed by atoms with Gasteiger partial charge >= 0.3 is 0 Å². The molecule has 2 rings (SSSR count). The predicted molar refractivity (Wildman–Crippen MR) is 71.3 cm³/mol. The number of nitrogens with two attached hydrogens (primary N) is 1. The van der Waals surface area contributed by atoms with Crippen molar-refractivity contribution >= 4 is 5.69 Å². The number of aliphatic hydroxyl groups is 1. The first-order valence-electron chi connectivity index (χ1n) is 6.38. The number of benzene rings is 1. The van der Waals surface area contributed by atoms with E-state index in [2.05, 4.69) is 29.2 Å². The Morgan fingerprint density at radius 3 is 2.94 bits per heavy atom. The largest absolute Gasteiger partial charge is 0.389 e. The van der Waals surface area contributed by atoms with Crippen LogP contribution in [0.2, 0.25) is 0 Å². The van der Waals surface area contributed by atoms with Gasteiger partial charge in [-0.2, -0.15) is 0 Å². The molecule has 1 heterocycles. The Morgan fingerprint density at radius 2 is 2.18 bits per heavy atom. The molecular formula is C14H22N2O. The average molecular weight is 234 g/mol. The SMILES string of the molecule is CC(O)(CN)CCCN1CCc2ccccc21. The summed E-state index contributed by atoms with van der Waals surface area (Å²) in [6.07, 6.45) is 2.89. The van der Waals surface area contributed by atoms with Gasteiger partial charge in [0.2, 0.25) is 0 Å². The van der Waals surface area contributed by atoms with Crippen LogP contribution in [0.3, 0.4) is 0 Å². The minimum atomic E-state index is -0.709. The minimum Gasteiger partial charge on any atom is -0.389 e. The second-order valence-electron chi connectivity index (χ2n) is 5.17. The van der Waals surface area contributed by atoms with Gasteiger partial charge in [-0.05, 0) is 37.8 Å². The third-order valence-corrected chi connectivity index (χ3v) is 3.57. The van der Waals surface area contributed by atoms with Gasteiger partial charge in [-0.15, -0.1) is 0 Å². The molecule has 1 atom stereocenters. The zero-order valence-corrected chi connectivity index (χ0v) is 10.5. The topological polar surface area (TPSA) is 49.5 Å². The van der Waals surface area contributed by atoms with Gasteiger partial charge in [0.05, 0.1) is 5.60 Å². The van der Waals surface area contributed by atoms with Gasteiger partial charge in [-0.1, -0.05) is 18.2 Å². The highest BCUT2D eigenvalue weighted by atomic mass is 16.3. The van der Waals surface area contributed by atoms with E-state index in [1.807, 2.05) is 6.92 Å². The Bertz CT molecular complexity index is 376. The van der Waals surface area contributed by atoms with Crippen molar-refractivity contribution in [2.24, 2.45) is 5.73 Å². The molecule has 1 aliphatic heterocycles. The summed E-state index contributed by atoms with van der Waals surface area (Å²) in [6, 6.07) is 8.57. The number of nitrogens with zero attached hydrogens (tertiary/aromatic N) is 1. The Balaban J connectivity index is 1.86. The van der Waals surface area contributed by atoms with Crippen molar-refractivity contribution in [3.05, 3.63) is 29.8 Å². The summed E-state index contributed by atoms with van der Waals surface area (Å²) in [7, 11) is 0. The molecule has 0 fully saturated rings. The highest BCUT2D eigenvalue weighted by Crippen LogP contribution is 2.27. The third kappa shape index (κ3) is 2.99. The maximum absolute atomic E-state index is 9.85. The van der Waals surface area contributed by atoms with E-state index < -0.39 is 5.60 Å². The van der Waals surface area contributed by atoms with Crippen LogP contribution in [0.1, 0.15) is 25.3 Å². The smallest absolute Gasteiger partial charge is 0.0742 e. The summed E-state index contributed by atoms with van der Waals surface area (Å²) in [5, 5.41) is 9.85. The Morgan fingerprint density at radius 1 is 1.41 bits per heavy atom. The number of hydrogen-bond acceptors (Lipinski definition) is 3. The van der Waals surface area contributed by atoms with E-state index in [1.165, 1.54) is 11.3 Å². The molecule has 94 valence electrons. The van der Waals surface area contributed by atoms with E-state index in [9.17, 15) is 5.11 Å². The predicted octanol–water partition coefficient (Wildman–Crippen LogP) is 1.54. The molecule has 0 saturated heterocycles. The molecule has 1 aromatic carbocycles. The molecule has 0 aromatic heterocycles. The lowest BCUT2D eigenvalue weighted by Crippen LogP contribution is -2.35. The van der Waals surface area contributed by atoms with Crippen LogP contribution < -0.4 is 10.6 Å². The average Bonchev–Trinajstić information content (AvgIpc) is 2.73. The molecule has 1 aromatic rings. The molecule has 1 aliphatic rings. The van der Waals surface area contributed by atoms with Crippen LogP contribution in [0.15, 0.2) is 24.3 Å². The van der Waals surface area contributed by atoms with Gasteiger partial charge < -0.3 is 15.7 Å². The summed E-state index contributed by atoms with van der Waals surface area (Å²) >= 11 is 0. The highest BCUT2D eigenvalue weighted by molar-refractivity contribution is 5.57. The van der Waals surface area contributed by atoms with Crippen LogP contribution >= 0.6 is 0 Å². The van der Waals surface area contributed by atoms with Gasteiger partial charge in [0.25, 0.3) is 0 Å².